The molecule has 1 aliphatic heterocycles. The zero-order valence-corrected chi connectivity index (χ0v) is 17.1. The number of aryl methyl sites for hydroxylation is 2. The van der Waals surface area contributed by atoms with Gasteiger partial charge in [0.25, 0.3) is 0 Å². The van der Waals surface area contributed by atoms with Crippen LogP contribution in [0.2, 0.25) is 5.02 Å². The first-order valence-corrected chi connectivity index (χ1v) is 10.4. The van der Waals surface area contributed by atoms with Crippen LogP contribution in [0.5, 0.6) is 5.75 Å². The second kappa shape index (κ2) is 6.95. The average molecular weight is 412 g/mol. The Morgan fingerprint density at radius 3 is 2.93 bits per heavy atom. The van der Waals surface area contributed by atoms with Crippen LogP contribution in [0.3, 0.4) is 0 Å². The molecule has 0 fully saturated rings. The Labute approximate surface area is 171 Å². The third-order valence-electron chi connectivity index (χ3n) is 5.00. The van der Waals surface area contributed by atoms with Gasteiger partial charge >= 0.3 is 0 Å². The van der Waals surface area contributed by atoms with E-state index < -0.39 is 0 Å². The van der Waals surface area contributed by atoms with Crippen LogP contribution in [0, 0.1) is 13.8 Å². The zero-order chi connectivity index (χ0) is 19.3. The molecule has 3 heterocycles. The van der Waals surface area contributed by atoms with Gasteiger partial charge in [0.15, 0.2) is 17.6 Å². The van der Waals surface area contributed by atoms with Crippen molar-refractivity contribution in [1.29, 1.82) is 0 Å². The number of rotatable bonds is 3. The summed E-state index contributed by atoms with van der Waals surface area (Å²) in [5.74, 6) is 1.55. The summed E-state index contributed by atoms with van der Waals surface area (Å²) < 4.78 is 13.2. The minimum Gasteiger partial charge on any atom is -0.467 e. The SMILES string of the molecule is Cc1cc2nnc(SCc3cc(Cl)cc4c3OCOC4)n2c2c(C)cccc12. The van der Waals surface area contributed by atoms with Gasteiger partial charge in [-0.3, -0.25) is 4.40 Å². The molecular weight excluding hydrogens is 394 g/mol. The lowest BCUT2D eigenvalue weighted by Crippen LogP contribution is -2.13. The maximum Gasteiger partial charge on any atom is 0.196 e. The third kappa shape index (κ3) is 2.92. The molecule has 7 heteroatoms. The fraction of sp³-hybridized carbons (Fsp3) is 0.238. The number of benzene rings is 2. The summed E-state index contributed by atoms with van der Waals surface area (Å²) in [6.45, 7) is 5.02. The molecule has 2 aromatic heterocycles. The van der Waals surface area contributed by atoms with Gasteiger partial charge in [-0.2, -0.15) is 0 Å². The molecule has 0 spiro atoms. The van der Waals surface area contributed by atoms with E-state index in [2.05, 4.69) is 52.7 Å². The molecule has 0 amide bonds. The van der Waals surface area contributed by atoms with Gasteiger partial charge in [-0.25, -0.2) is 0 Å². The topological polar surface area (TPSA) is 48.7 Å². The van der Waals surface area contributed by atoms with Crippen LogP contribution in [0.4, 0.5) is 0 Å². The van der Waals surface area contributed by atoms with Crippen molar-refractivity contribution in [3.63, 3.8) is 0 Å². The van der Waals surface area contributed by atoms with Crippen LogP contribution in [-0.4, -0.2) is 21.4 Å². The van der Waals surface area contributed by atoms with Crippen molar-refractivity contribution in [2.24, 2.45) is 0 Å². The van der Waals surface area contributed by atoms with Gasteiger partial charge in [-0.05, 0) is 43.2 Å². The highest BCUT2D eigenvalue weighted by Crippen LogP contribution is 2.36. The lowest BCUT2D eigenvalue weighted by atomic mass is 10.1. The zero-order valence-electron chi connectivity index (χ0n) is 15.5. The molecule has 2 aromatic carbocycles. The lowest BCUT2D eigenvalue weighted by Gasteiger charge is -2.21. The summed E-state index contributed by atoms with van der Waals surface area (Å²) >= 11 is 7.93. The molecule has 28 heavy (non-hydrogen) atoms. The molecule has 5 nitrogen and oxygen atoms in total. The summed E-state index contributed by atoms with van der Waals surface area (Å²) in [4.78, 5) is 0. The molecule has 4 aromatic rings. The summed E-state index contributed by atoms with van der Waals surface area (Å²) in [5, 5.41) is 11.6. The van der Waals surface area contributed by atoms with E-state index in [1.54, 1.807) is 11.8 Å². The van der Waals surface area contributed by atoms with E-state index in [1.165, 1.54) is 16.5 Å². The van der Waals surface area contributed by atoms with Gasteiger partial charge < -0.3 is 9.47 Å². The van der Waals surface area contributed by atoms with E-state index in [0.29, 0.717) is 17.4 Å². The second-order valence-electron chi connectivity index (χ2n) is 6.93. The number of nitrogens with zero attached hydrogens (tertiary/aromatic N) is 3. The first-order valence-electron chi connectivity index (χ1n) is 9.00. The number of thioether (sulfide) groups is 1. The van der Waals surface area contributed by atoms with Crippen molar-refractivity contribution in [1.82, 2.24) is 14.6 Å². The number of hydrogen-bond acceptors (Lipinski definition) is 5. The molecule has 0 unspecified atom stereocenters. The van der Waals surface area contributed by atoms with Gasteiger partial charge in [0.2, 0.25) is 0 Å². The Morgan fingerprint density at radius 1 is 1.14 bits per heavy atom. The fourth-order valence-corrected chi connectivity index (χ4v) is 4.90. The van der Waals surface area contributed by atoms with Gasteiger partial charge in [0.05, 0.1) is 12.1 Å². The van der Waals surface area contributed by atoms with E-state index in [9.17, 15) is 0 Å². The average Bonchev–Trinajstić information content (AvgIpc) is 3.08. The maximum absolute atomic E-state index is 6.30. The van der Waals surface area contributed by atoms with E-state index in [0.717, 1.165) is 33.2 Å². The molecule has 0 N–H and O–H groups in total. The van der Waals surface area contributed by atoms with E-state index in [1.807, 2.05) is 12.1 Å². The van der Waals surface area contributed by atoms with Crippen LogP contribution in [0.1, 0.15) is 22.3 Å². The van der Waals surface area contributed by atoms with Crippen LogP contribution in [0.25, 0.3) is 16.6 Å². The number of halogens is 1. The van der Waals surface area contributed by atoms with E-state index in [-0.39, 0.29) is 6.79 Å². The minimum absolute atomic E-state index is 0.267. The summed E-state index contributed by atoms with van der Waals surface area (Å²) in [7, 11) is 0. The molecule has 0 bridgehead atoms. The highest BCUT2D eigenvalue weighted by atomic mass is 35.5. The first kappa shape index (κ1) is 17.8. The second-order valence-corrected chi connectivity index (χ2v) is 8.31. The predicted molar refractivity (Wildman–Crippen MR) is 111 cm³/mol. The quantitative estimate of drug-likeness (QED) is 0.427. The molecular formula is C21H18ClN3O2S. The van der Waals surface area contributed by atoms with Gasteiger partial charge in [-0.15, -0.1) is 10.2 Å². The van der Waals surface area contributed by atoms with E-state index >= 15 is 0 Å². The maximum atomic E-state index is 6.30. The van der Waals surface area contributed by atoms with Crippen LogP contribution < -0.4 is 4.74 Å². The number of pyridine rings is 1. The summed E-state index contributed by atoms with van der Waals surface area (Å²) in [5.41, 5.74) is 6.45. The van der Waals surface area contributed by atoms with Crippen molar-refractivity contribution in [3.05, 3.63) is 63.7 Å². The number of fused-ring (bicyclic) bond motifs is 4. The van der Waals surface area contributed by atoms with Crippen molar-refractivity contribution in [2.75, 3.05) is 6.79 Å². The monoisotopic (exact) mass is 411 g/mol. The molecule has 0 saturated carbocycles. The first-order chi connectivity index (χ1) is 13.6. The Balaban J connectivity index is 1.58. The summed E-state index contributed by atoms with van der Waals surface area (Å²) in [6.07, 6.45) is 0. The number of ether oxygens (including phenoxy) is 2. The normalized spacial score (nSPS) is 13.7. The smallest absolute Gasteiger partial charge is 0.196 e. The highest BCUT2D eigenvalue weighted by Gasteiger charge is 2.18. The van der Waals surface area contributed by atoms with Gasteiger partial charge in [0.1, 0.15) is 5.75 Å². The molecule has 1 aliphatic rings. The molecule has 0 aliphatic carbocycles. The molecule has 0 atom stereocenters. The summed E-state index contributed by atoms with van der Waals surface area (Å²) in [6, 6.07) is 12.3. The van der Waals surface area contributed by atoms with E-state index in [4.69, 9.17) is 21.1 Å². The molecule has 5 rings (SSSR count). The number of para-hydroxylation sites is 1. The molecule has 0 saturated heterocycles. The Bertz CT molecular complexity index is 1220. The fourth-order valence-electron chi connectivity index (χ4n) is 3.73. The third-order valence-corrected chi connectivity index (χ3v) is 6.19. The minimum atomic E-state index is 0.267. The Morgan fingerprint density at radius 2 is 2.04 bits per heavy atom. The molecule has 0 radical (unpaired) electrons. The van der Waals surface area contributed by atoms with Crippen molar-refractivity contribution in [2.45, 2.75) is 31.4 Å². The number of hydrogen-bond donors (Lipinski definition) is 0. The Kier molecular flexibility index (Phi) is 4.42. The predicted octanol–water partition coefficient (Wildman–Crippen LogP) is 5.31. The number of aromatic nitrogens is 3. The lowest BCUT2D eigenvalue weighted by molar-refractivity contribution is -0.0168. The Hall–Kier alpha value is -2.28. The van der Waals surface area contributed by atoms with Crippen molar-refractivity contribution < 1.29 is 9.47 Å². The van der Waals surface area contributed by atoms with Crippen LogP contribution >= 0.6 is 23.4 Å². The largest absolute Gasteiger partial charge is 0.467 e. The highest BCUT2D eigenvalue weighted by molar-refractivity contribution is 7.98. The van der Waals surface area contributed by atoms with Gasteiger partial charge in [0, 0.05) is 27.3 Å². The van der Waals surface area contributed by atoms with Crippen molar-refractivity contribution >= 4 is 39.9 Å². The van der Waals surface area contributed by atoms with Crippen LogP contribution in [-0.2, 0) is 17.1 Å². The van der Waals surface area contributed by atoms with Crippen LogP contribution in [0.15, 0.2) is 41.6 Å². The van der Waals surface area contributed by atoms with Crippen molar-refractivity contribution in [3.8, 4) is 5.75 Å². The standard InChI is InChI=1S/C21H18ClN3O2S/c1-12-4-3-5-17-13(2)6-18-23-24-21(25(18)19(12)17)28-10-15-8-16(22)7-14-9-26-11-27-20(14)15/h3-8H,9-11H2,1-2H3. The van der Waals surface area contributed by atoms with Gasteiger partial charge in [-0.1, -0.05) is 41.6 Å². The molecule has 142 valence electrons.